The quantitative estimate of drug-likeness (QED) is 0.315. The van der Waals surface area contributed by atoms with Crippen LogP contribution in [-0.2, 0) is 16.2 Å². The van der Waals surface area contributed by atoms with Crippen molar-refractivity contribution < 1.29 is 19.1 Å². The number of fused-ring (bicyclic) bond motifs is 1. The monoisotopic (exact) mass is 494 g/mol. The van der Waals surface area contributed by atoms with Gasteiger partial charge >= 0.3 is 0 Å². The van der Waals surface area contributed by atoms with Crippen LogP contribution in [0.4, 0.5) is 10.5 Å². The molecule has 0 unspecified atom stereocenters. The topological polar surface area (TPSA) is 75.7 Å². The molecule has 0 saturated carbocycles. The van der Waals surface area contributed by atoms with Crippen molar-refractivity contribution >= 4 is 51.4 Å². The van der Waals surface area contributed by atoms with Crippen LogP contribution in [0.15, 0.2) is 102 Å². The number of thioether (sulfide) groups is 1. The summed E-state index contributed by atoms with van der Waals surface area (Å²) in [5, 5.41) is 4.51. The molecule has 0 radical (unpaired) electrons. The number of benzene rings is 4. The molecule has 1 saturated heterocycles. The minimum Gasteiger partial charge on any atom is -0.488 e. The molecule has 6 nitrogen and oxygen atoms in total. The summed E-state index contributed by atoms with van der Waals surface area (Å²) in [5.41, 5.74) is 2.30. The second-order valence-electron chi connectivity index (χ2n) is 8.19. The second-order valence-corrected chi connectivity index (χ2v) is 9.18. The number of hydrogen-bond acceptors (Lipinski definition) is 5. The van der Waals surface area contributed by atoms with E-state index in [1.807, 2.05) is 48.5 Å². The lowest BCUT2D eigenvalue weighted by Gasteiger charge is -2.12. The molecule has 0 atom stereocenters. The number of amides is 3. The molecule has 1 aliphatic heterocycles. The predicted molar refractivity (Wildman–Crippen MR) is 142 cm³/mol. The van der Waals surface area contributed by atoms with Crippen LogP contribution in [0.5, 0.6) is 5.75 Å². The Balaban J connectivity index is 1.28. The lowest BCUT2D eigenvalue weighted by molar-refractivity contribution is -0.127. The molecule has 7 heteroatoms. The summed E-state index contributed by atoms with van der Waals surface area (Å²) in [6.07, 6.45) is 1.63. The Kier molecular flexibility index (Phi) is 6.82. The van der Waals surface area contributed by atoms with Crippen molar-refractivity contribution in [2.75, 3.05) is 11.9 Å². The molecule has 4 aromatic rings. The molecule has 1 fully saturated rings. The van der Waals surface area contributed by atoms with Crippen LogP contribution < -0.4 is 10.1 Å². The molecule has 0 bridgehead atoms. The Hall–Kier alpha value is -4.36. The summed E-state index contributed by atoms with van der Waals surface area (Å²) in [5.74, 6) is -0.347. The standard InChI is InChI=1S/C29H22N2O4S/c32-27(30-24-11-2-1-3-12-24)18-31-28(33)26(36-29(31)34)17-23-10-6-7-13-25(23)35-19-20-14-15-21-8-4-5-9-22(21)16-20/h1-17H,18-19H2,(H,30,32)/b26-17+. The van der Waals surface area contributed by atoms with Gasteiger partial charge in [0.15, 0.2) is 0 Å². The van der Waals surface area contributed by atoms with Gasteiger partial charge in [0.1, 0.15) is 18.9 Å². The van der Waals surface area contributed by atoms with Crippen molar-refractivity contribution in [3.05, 3.63) is 113 Å². The minimum atomic E-state index is -0.502. The zero-order chi connectivity index (χ0) is 24.9. The Morgan fingerprint density at radius 1 is 0.861 bits per heavy atom. The van der Waals surface area contributed by atoms with E-state index >= 15 is 0 Å². The SMILES string of the molecule is O=C(CN1C(=O)S/C(=C/c2ccccc2OCc2ccc3ccccc3c2)C1=O)Nc1ccccc1. The zero-order valence-corrected chi connectivity index (χ0v) is 20.0. The van der Waals surface area contributed by atoms with E-state index in [0.29, 0.717) is 23.6 Å². The lowest BCUT2D eigenvalue weighted by Crippen LogP contribution is -2.36. The van der Waals surface area contributed by atoms with Gasteiger partial charge in [-0.15, -0.1) is 0 Å². The van der Waals surface area contributed by atoms with E-state index in [9.17, 15) is 14.4 Å². The fourth-order valence-corrected chi connectivity index (χ4v) is 4.69. The number of carbonyl (C=O) groups is 3. The third-order valence-electron chi connectivity index (χ3n) is 5.65. The molecule has 0 aliphatic carbocycles. The number of imide groups is 1. The number of rotatable bonds is 7. The van der Waals surface area contributed by atoms with Crippen LogP contribution >= 0.6 is 11.8 Å². The molecule has 1 N–H and O–H groups in total. The van der Waals surface area contributed by atoms with Crippen LogP contribution in [0.2, 0.25) is 0 Å². The molecule has 5 rings (SSSR count). The number of nitrogens with one attached hydrogen (secondary N) is 1. The van der Waals surface area contributed by atoms with Gasteiger partial charge in [-0.05, 0) is 58.4 Å². The van der Waals surface area contributed by atoms with E-state index in [4.69, 9.17) is 4.74 Å². The molecule has 1 heterocycles. The van der Waals surface area contributed by atoms with Gasteiger partial charge < -0.3 is 10.1 Å². The minimum absolute atomic E-state index is 0.245. The highest BCUT2D eigenvalue weighted by atomic mass is 32.2. The van der Waals surface area contributed by atoms with Crippen LogP contribution in [0.25, 0.3) is 16.8 Å². The van der Waals surface area contributed by atoms with Crippen molar-refractivity contribution in [1.82, 2.24) is 4.90 Å². The first kappa shape index (κ1) is 23.4. The third-order valence-corrected chi connectivity index (χ3v) is 6.55. The predicted octanol–water partition coefficient (Wildman–Crippen LogP) is 6.09. The van der Waals surface area contributed by atoms with Gasteiger partial charge in [0, 0.05) is 11.3 Å². The molecule has 0 aromatic heterocycles. The molecule has 3 amide bonds. The summed E-state index contributed by atoms with van der Waals surface area (Å²) in [6, 6.07) is 30.5. The highest BCUT2D eigenvalue weighted by molar-refractivity contribution is 8.18. The average Bonchev–Trinajstić information content (AvgIpc) is 3.16. The number of carbonyl (C=O) groups excluding carboxylic acids is 3. The van der Waals surface area contributed by atoms with Crippen LogP contribution in [-0.4, -0.2) is 28.5 Å². The smallest absolute Gasteiger partial charge is 0.294 e. The maximum Gasteiger partial charge on any atom is 0.294 e. The fourth-order valence-electron chi connectivity index (χ4n) is 3.86. The summed E-state index contributed by atoms with van der Waals surface area (Å²) >= 11 is 0.812. The van der Waals surface area contributed by atoms with Crippen molar-refractivity contribution in [2.45, 2.75) is 6.61 Å². The zero-order valence-electron chi connectivity index (χ0n) is 19.2. The molecular weight excluding hydrogens is 472 g/mol. The average molecular weight is 495 g/mol. The first-order valence-electron chi connectivity index (χ1n) is 11.4. The highest BCUT2D eigenvalue weighted by Gasteiger charge is 2.36. The van der Waals surface area contributed by atoms with Crippen LogP contribution in [0.1, 0.15) is 11.1 Å². The first-order chi connectivity index (χ1) is 17.6. The molecule has 178 valence electrons. The molecule has 36 heavy (non-hydrogen) atoms. The van der Waals surface area contributed by atoms with Gasteiger partial charge in [0.2, 0.25) is 5.91 Å². The lowest BCUT2D eigenvalue weighted by atomic mass is 10.1. The summed E-state index contributed by atoms with van der Waals surface area (Å²) in [4.78, 5) is 39.0. The van der Waals surface area contributed by atoms with Gasteiger partial charge in [-0.1, -0.05) is 72.8 Å². The second kappa shape index (κ2) is 10.5. The van der Waals surface area contributed by atoms with E-state index < -0.39 is 17.1 Å². The van der Waals surface area contributed by atoms with Gasteiger partial charge in [0.05, 0.1) is 4.91 Å². The normalized spacial score (nSPS) is 14.4. The maximum absolute atomic E-state index is 12.9. The van der Waals surface area contributed by atoms with Crippen molar-refractivity contribution in [3.8, 4) is 5.75 Å². The molecule has 4 aromatic carbocycles. The first-order valence-corrected chi connectivity index (χ1v) is 12.2. The Morgan fingerprint density at radius 3 is 2.42 bits per heavy atom. The number of para-hydroxylation sites is 2. The third kappa shape index (κ3) is 5.31. The van der Waals surface area contributed by atoms with Gasteiger partial charge in [-0.3, -0.25) is 19.3 Å². The molecular formula is C29H22N2O4S. The maximum atomic E-state index is 12.9. The van der Waals surface area contributed by atoms with E-state index in [-0.39, 0.29) is 11.4 Å². The number of hydrogen-bond donors (Lipinski definition) is 1. The fraction of sp³-hybridized carbons (Fsp3) is 0.0690. The Labute approximate surface area is 212 Å². The van der Waals surface area contributed by atoms with E-state index in [1.165, 1.54) is 0 Å². The van der Waals surface area contributed by atoms with Crippen molar-refractivity contribution in [1.29, 1.82) is 0 Å². The number of anilines is 1. The van der Waals surface area contributed by atoms with Crippen LogP contribution in [0.3, 0.4) is 0 Å². The largest absolute Gasteiger partial charge is 0.488 e. The summed E-state index contributed by atoms with van der Waals surface area (Å²) < 4.78 is 6.07. The van der Waals surface area contributed by atoms with Crippen LogP contribution in [0, 0.1) is 0 Å². The Bertz CT molecular complexity index is 1480. The van der Waals surface area contributed by atoms with Gasteiger partial charge in [0.25, 0.3) is 11.1 Å². The molecule has 0 spiro atoms. The van der Waals surface area contributed by atoms with Gasteiger partial charge in [-0.25, -0.2) is 0 Å². The summed E-state index contributed by atoms with van der Waals surface area (Å²) in [6.45, 7) is 0.00777. The number of ether oxygens (including phenoxy) is 1. The number of nitrogens with zero attached hydrogens (tertiary/aromatic N) is 1. The molecule has 1 aliphatic rings. The highest BCUT2D eigenvalue weighted by Crippen LogP contribution is 2.34. The van der Waals surface area contributed by atoms with Gasteiger partial charge in [-0.2, -0.15) is 0 Å². The van der Waals surface area contributed by atoms with E-state index in [0.717, 1.165) is 33.0 Å². The van der Waals surface area contributed by atoms with Crippen molar-refractivity contribution in [2.24, 2.45) is 0 Å². The van der Waals surface area contributed by atoms with E-state index in [1.54, 1.807) is 30.3 Å². The van der Waals surface area contributed by atoms with Crippen molar-refractivity contribution in [3.63, 3.8) is 0 Å². The Morgan fingerprint density at radius 2 is 1.58 bits per heavy atom. The van der Waals surface area contributed by atoms with E-state index in [2.05, 4.69) is 29.6 Å². The summed E-state index contributed by atoms with van der Waals surface area (Å²) in [7, 11) is 0.